The second-order valence-electron chi connectivity index (χ2n) is 9.19. The van der Waals surface area contributed by atoms with E-state index < -0.39 is 12.0 Å². The minimum absolute atomic E-state index is 0.0333. The average molecular weight is 451 g/mol. The number of aryl methyl sites for hydroxylation is 1. The van der Waals surface area contributed by atoms with Crippen LogP contribution in [0.25, 0.3) is 11.1 Å². The molecule has 1 amide bonds. The summed E-state index contributed by atoms with van der Waals surface area (Å²) in [5.74, 6) is 0.261. The second-order valence-corrected chi connectivity index (χ2v) is 9.19. The van der Waals surface area contributed by atoms with E-state index in [-0.39, 0.29) is 23.4 Å². The number of anilines is 3. The van der Waals surface area contributed by atoms with Crippen LogP contribution in [0.5, 0.6) is 0 Å². The first-order valence-corrected chi connectivity index (χ1v) is 11.6. The number of hydrogen-bond donors (Lipinski definition) is 4. The lowest BCUT2D eigenvalue weighted by atomic mass is 9.87. The number of furan rings is 1. The third-order valence-corrected chi connectivity index (χ3v) is 6.73. The summed E-state index contributed by atoms with van der Waals surface area (Å²) >= 11 is 0. The first kappa shape index (κ1) is 21.7. The van der Waals surface area contributed by atoms with Crippen molar-refractivity contribution in [2.45, 2.75) is 44.8 Å². The van der Waals surface area contributed by atoms with Crippen molar-refractivity contribution in [2.24, 2.45) is 17.6 Å². The Morgan fingerprint density at radius 2 is 2.15 bits per heavy atom. The van der Waals surface area contributed by atoms with Gasteiger partial charge in [-0.25, -0.2) is 0 Å². The number of piperidine rings is 1. The minimum Gasteiger partial charge on any atom is -0.438 e. The van der Waals surface area contributed by atoms with Gasteiger partial charge in [-0.1, -0.05) is 13.3 Å². The molecule has 1 aliphatic heterocycles. The SMILES string of the molecule is CCCc1cnc2c(C(=O)Nc3cnccc3N3CC(N)C(O)C(C4CC4)C3)c(N)oc2c1. The van der Waals surface area contributed by atoms with Gasteiger partial charge in [0.1, 0.15) is 11.1 Å². The third kappa shape index (κ3) is 4.14. The number of aliphatic hydroxyl groups excluding tert-OH is 1. The summed E-state index contributed by atoms with van der Waals surface area (Å²) < 4.78 is 5.65. The van der Waals surface area contributed by atoms with Gasteiger partial charge >= 0.3 is 0 Å². The number of nitrogens with one attached hydrogen (secondary N) is 1. The molecule has 9 nitrogen and oxygen atoms in total. The molecule has 1 saturated heterocycles. The van der Waals surface area contributed by atoms with Gasteiger partial charge < -0.3 is 31.2 Å². The average Bonchev–Trinajstić information content (AvgIpc) is 3.58. The number of hydrogen-bond acceptors (Lipinski definition) is 8. The fraction of sp³-hybridized carbons (Fsp3) is 0.458. The van der Waals surface area contributed by atoms with E-state index in [1.54, 1.807) is 18.6 Å². The first-order valence-electron chi connectivity index (χ1n) is 11.6. The number of pyridine rings is 2. The smallest absolute Gasteiger partial charge is 0.263 e. The fourth-order valence-corrected chi connectivity index (χ4v) is 4.89. The van der Waals surface area contributed by atoms with Crippen LogP contribution in [0.15, 0.2) is 35.1 Å². The molecular weight excluding hydrogens is 420 g/mol. The zero-order valence-corrected chi connectivity index (χ0v) is 18.7. The Balaban J connectivity index is 1.42. The number of rotatable bonds is 6. The Hall–Kier alpha value is -3.17. The van der Waals surface area contributed by atoms with Crippen molar-refractivity contribution in [2.75, 3.05) is 29.0 Å². The number of aliphatic hydroxyl groups is 1. The van der Waals surface area contributed by atoms with Crippen LogP contribution >= 0.6 is 0 Å². The number of nitrogens with two attached hydrogens (primary N) is 2. The molecule has 0 radical (unpaired) electrons. The molecule has 33 heavy (non-hydrogen) atoms. The zero-order valence-electron chi connectivity index (χ0n) is 18.7. The molecule has 3 unspecified atom stereocenters. The number of carbonyl (C=O) groups is 1. The number of nitrogens with zero attached hydrogens (tertiary/aromatic N) is 3. The van der Waals surface area contributed by atoms with Gasteiger partial charge in [0.2, 0.25) is 5.88 Å². The highest BCUT2D eigenvalue weighted by molar-refractivity contribution is 6.15. The van der Waals surface area contributed by atoms with E-state index in [0.29, 0.717) is 35.8 Å². The molecule has 4 heterocycles. The molecule has 1 aliphatic carbocycles. The van der Waals surface area contributed by atoms with Gasteiger partial charge in [0.15, 0.2) is 5.58 Å². The number of fused-ring (bicyclic) bond motifs is 1. The molecule has 0 bridgehead atoms. The first-order chi connectivity index (χ1) is 16.0. The molecule has 174 valence electrons. The molecule has 3 aromatic rings. The molecule has 0 aromatic carbocycles. The molecule has 0 spiro atoms. The van der Waals surface area contributed by atoms with Gasteiger partial charge in [0.05, 0.1) is 23.7 Å². The molecule has 2 fully saturated rings. The molecule has 3 atom stereocenters. The maximum Gasteiger partial charge on any atom is 0.263 e. The normalized spacial score (nSPS) is 23.1. The largest absolute Gasteiger partial charge is 0.438 e. The molecule has 1 saturated carbocycles. The summed E-state index contributed by atoms with van der Waals surface area (Å²) in [6.07, 6.45) is 8.66. The van der Waals surface area contributed by atoms with Crippen molar-refractivity contribution in [3.8, 4) is 0 Å². The van der Waals surface area contributed by atoms with Crippen LogP contribution in [0.1, 0.15) is 42.1 Å². The lowest BCUT2D eigenvalue weighted by Gasteiger charge is -2.42. The van der Waals surface area contributed by atoms with Crippen LogP contribution in [0.3, 0.4) is 0 Å². The van der Waals surface area contributed by atoms with Crippen molar-refractivity contribution in [1.82, 2.24) is 9.97 Å². The Morgan fingerprint density at radius 3 is 2.91 bits per heavy atom. The molecule has 2 aliphatic rings. The molecule has 9 heteroatoms. The number of carbonyl (C=O) groups excluding carboxylic acids is 1. The highest BCUT2D eigenvalue weighted by Crippen LogP contribution is 2.42. The van der Waals surface area contributed by atoms with E-state index in [4.69, 9.17) is 15.9 Å². The second kappa shape index (κ2) is 8.64. The van der Waals surface area contributed by atoms with Crippen molar-refractivity contribution in [1.29, 1.82) is 0 Å². The standard InChI is InChI=1S/C24H30N6O3/c1-2-3-13-8-19-21(28-9-13)20(23(26)33-19)24(32)29-17-10-27-7-6-18(17)30-11-15(14-4-5-14)22(31)16(25)12-30/h6-10,14-16,22,31H,2-5,11-12,25-26H2,1H3,(H,29,32). The van der Waals surface area contributed by atoms with Crippen LogP contribution in [0, 0.1) is 11.8 Å². The van der Waals surface area contributed by atoms with Crippen LogP contribution in [-0.2, 0) is 6.42 Å². The topological polar surface area (TPSA) is 144 Å². The van der Waals surface area contributed by atoms with Crippen molar-refractivity contribution >= 4 is 34.3 Å². The molecule has 6 N–H and O–H groups in total. The van der Waals surface area contributed by atoms with E-state index in [1.807, 2.05) is 12.1 Å². The summed E-state index contributed by atoms with van der Waals surface area (Å²) in [5.41, 5.74) is 15.9. The molecule has 3 aromatic heterocycles. The minimum atomic E-state index is -0.505. The Kier molecular flexibility index (Phi) is 5.67. The van der Waals surface area contributed by atoms with E-state index in [2.05, 4.69) is 27.1 Å². The van der Waals surface area contributed by atoms with Gasteiger partial charge in [0, 0.05) is 37.4 Å². The van der Waals surface area contributed by atoms with Gasteiger partial charge in [-0.05, 0) is 42.9 Å². The predicted octanol–water partition coefficient (Wildman–Crippen LogP) is 2.54. The highest BCUT2D eigenvalue weighted by atomic mass is 16.3. The number of nitrogen functional groups attached to an aromatic ring is 1. The predicted molar refractivity (Wildman–Crippen MR) is 127 cm³/mol. The van der Waals surface area contributed by atoms with Crippen LogP contribution < -0.4 is 21.7 Å². The van der Waals surface area contributed by atoms with E-state index in [0.717, 1.165) is 36.9 Å². The number of aromatic nitrogens is 2. The summed E-state index contributed by atoms with van der Waals surface area (Å²) in [4.78, 5) is 24.0. The highest BCUT2D eigenvalue weighted by Gasteiger charge is 2.43. The van der Waals surface area contributed by atoms with Gasteiger partial charge in [0.25, 0.3) is 5.91 Å². The quantitative estimate of drug-likeness (QED) is 0.449. The summed E-state index contributed by atoms with van der Waals surface area (Å²) in [6, 6.07) is 3.39. The lowest BCUT2D eigenvalue weighted by molar-refractivity contribution is 0.0594. The summed E-state index contributed by atoms with van der Waals surface area (Å²) in [7, 11) is 0. The van der Waals surface area contributed by atoms with Crippen molar-refractivity contribution in [3.05, 3.63) is 41.9 Å². The maximum atomic E-state index is 13.3. The Bertz CT molecular complexity index is 1170. The van der Waals surface area contributed by atoms with Gasteiger partial charge in [-0.3, -0.25) is 14.8 Å². The molecule has 5 rings (SSSR count). The van der Waals surface area contributed by atoms with Crippen molar-refractivity contribution < 1.29 is 14.3 Å². The van der Waals surface area contributed by atoms with E-state index in [9.17, 15) is 9.90 Å². The van der Waals surface area contributed by atoms with Gasteiger partial charge in [-0.15, -0.1) is 0 Å². The molecular formula is C24H30N6O3. The van der Waals surface area contributed by atoms with Crippen LogP contribution in [0.2, 0.25) is 0 Å². The lowest BCUT2D eigenvalue weighted by Crippen LogP contribution is -2.57. The number of amides is 1. The van der Waals surface area contributed by atoms with Crippen molar-refractivity contribution in [3.63, 3.8) is 0 Å². The summed E-state index contributed by atoms with van der Waals surface area (Å²) in [5, 5.41) is 13.5. The fourth-order valence-electron chi connectivity index (χ4n) is 4.89. The van der Waals surface area contributed by atoms with Gasteiger partial charge in [-0.2, -0.15) is 0 Å². The Morgan fingerprint density at radius 1 is 1.33 bits per heavy atom. The monoisotopic (exact) mass is 450 g/mol. The third-order valence-electron chi connectivity index (χ3n) is 6.73. The summed E-state index contributed by atoms with van der Waals surface area (Å²) in [6.45, 7) is 3.27. The van der Waals surface area contributed by atoms with Crippen LogP contribution in [0.4, 0.5) is 17.3 Å². The van der Waals surface area contributed by atoms with E-state index in [1.165, 1.54) is 0 Å². The maximum absolute atomic E-state index is 13.3. The zero-order chi connectivity index (χ0) is 23.1. The van der Waals surface area contributed by atoms with Crippen LogP contribution in [-0.4, -0.2) is 46.2 Å². The van der Waals surface area contributed by atoms with E-state index >= 15 is 0 Å². The Labute approximate surface area is 192 Å².